The number of hydrogen-bond donors (Lipinski definition) is 3. The van der Waals surface area contributed by atoms with Gasteiger partial charge in [0.2, 0.25) is 0 Å². The summed E-state index contributed by atoms with van der Waals surface area (Å²) in [6.07, 6.45) is 1.74. The van der Waals surface area contributed by atoms with Crippen LogP contribution >= 0.6 is 27.7 Å². The Kier molecular flexibility index (Phi) is 8.55. The molecule has 1 saturated heterocycles. The van der Waals surface area contributed by atoms with Gasteiger partial charge in [-0.1, -0.05) is 22.9 Å². The zero-order chi connectivity index (χ0) is 18.1. The van der Waals surface area contributed by atoms with Crippen LogP contribution in [-0.4, -0.2) is 56.3 Å². The third-order valence-corrected chi connectivity index (χ3v) is 6.03. The van der Waals surface area contributed by atoms with Crippen LogP contribution in [0.5, 0.6) is 0 Å². The van der Waals surface area contributed by atoms with E-state index < -0.39 is 0 Å². The monoisotopic (exact) mass is 429 g/mol. The maximum Gasteiger partial charge on any atom is 0.191 e. The van der Waals surface area contributed by atoms with E-state index in [9.17, 15) is 5.11 Å². The molecule has 1 aromatic rings. The maximum absolute atomic E-state index is 9.31. The van der Waals surface area contributed by atoms with Crippen molar-refractivity contribution in [3.05, 3.63) is 28.7 Å². The average molecular weight is 430 g/mol. The Balaban J connectivity index is 1.76. The third kappa shape index (κ3) is 6.81. The summed E-state index contributed by atoms with van der Waals surface area (Å²) in [5.74, 6) is 0.799. The van der Waals surface area contributed by atoms with Crippen molar-refractivity contribution in [3.63, 3.8) is 0 Å². The average Bonchev–Trinajstić information content (AvgIpc) is 3.06. The van der Waals surface area contributed by atoms with Gasteiger partial charge in [0, 0.05) is 53.4 Å². The van der Waals surface area contributed by atoms with E-state index in [2.05, 4.69) is 62.7 Å². The van der Waals surface area contributed by atoms with Crippen LogP contribution in [0.25, 0.3) is 0 Å². The molecule has 0 bridgehead atoms. The van der Waals surface area contributed by atoms with E-state index in [1.54, 1.807) is 7.05 Å². The first-order valence-corrected chi connectivity index (χ1v) is 10.3. The van der Waals surface area contributed by atoms with Crippen LogP contribution in [0, 0.1) is 5.41 Å². The number of ether oxygens (including phenoxy) is 1. The molecule has 0 radical (unpaired) electrons. The predicted octanol–water partition coefficient (Wildman–Crippen LogP) is 2.88. The van der Waals surface area contributed by atoms with E-state index in [1.165, 1.54) is 4.90 Å². The van der Waals surface area contributed by atoms with E-state index >= 15 is 0 Å². The summed E-state index contributed by atoms with van der Waals surface area (Å²) in [5, 5.41) is 16.5. The number of nitrogens with zero attached hydrogens (tertiary/aromatic N) is 1. The highest BCUT2D eigenvalue weighted by atomic mass is 79.9. The molecule has 1 heterocycles. The van der Waals surface area contributed by atoms with Crippen molar-refractivity contribution in [1.82, 2.24) is 10.6 Å². The lowest BCUT2D eigenvalue weighted by molar-refractivity contribution is 0.127. The lowest BCUT2D eigenvalue weighted by Gasteiger charge is -2.28. The Hall–Kier alpha value is -0.760. The van der Waals surface area contributed by atoms with Crippen LogP contribution in [-0.2, 0) is 4.74 Å². The summed E-state index contributed by atoms with van der Waals surface area (Å²) < 4.78 is 6.63. The van der Waals surface area contributed by atoms with Gasteiger partial charge in [-0.3, -0.25) is 4.99 Å². The van der Waals surface area contributed by atoms with Crippen LogP contribution in [0.4, 0.5) is 0 Å². The summed E-state index contributed by atoms with van der Waals surface area (Å²) in [6.45, 7) is 5.45. The molecule has 0 amide bonds. The fraction of sp³-hybridized carbons (Fsp3) is 0.611. The molecular weight excluding hydrogens is 402 g/mol. The highest BCUT2D eigenvalue weighted by Gasteiger charge is 2.34. The van der Waals surface area contributed by atoms with Crippen LogP contribution < -0.4 is 10.6 Å². The fourth-order valence-electron chi connectivity index (χ4n) is 2.83. The van der Waals surface area contributed by atoms with Crippen molar-refractivity contribution in [2.75, 3.05) is 40.0 Å². The lowest BCUT2D eigenvalue weighted by atomic mass is 9.84. The maximum atomic E-state index is 9.31. The number of rotatable bonds is 8. The quantitative estimate of drug-likeness (QED) is 0.336. The molecule has 0 aliphatic carbocycles. The minimum Gasteiger partial charge on any atom is -0.396 e. The van der Waals surface area contributed by atoms with Gasteiger partial charge in [0.1, 0.15) is 0 Å². The van der Waals surface area contributed by atoms with E-state index in [-0.39, 0.29) is 12.0 Å². The molecule has 0 aromatic heterocycles. The minimum absolute atomic E-state index is 0.0180. The van der Waals surface area contributed by atoms with Gasteiger partial charge >= 0.3 is 0 Å². The topological polar surface area (TPSA) is 65.9 Å². The summed E-state index contributed by atoms with van der Waals surface area (Å²) in [4.78, 5) is 5.56. The number of benzene rings is 1. The van der Waals surface area contributed by atoms with Crippen molar-refractivity contribution in [1.29, 1.82) is 0 Å². The molecule has 1 aliphatic rings. The summed E-state index contributed by atoms with van der Waals surface area (Å²) in [5.41, 5.74) is 0.0180. The molecular formula is C18H28BrN3O2S. The van der Waals surface area contributed by atoms with Gasteiger partial charge < -0.3 is 20.5 Å². The zero-order valence-corrected chi connectivity index (χ0v) is 17.3. The molecule has 2 unspecified atom stereocenters. The summed E-state index contributed by atoms with van der Waals surface area (Å²) >= 11 is 5.30. The first kappa shape index (κ1) is 20.6. The number of nitrogens with one attached hydrogen (secondary N) is 2. The van der Waals surface area contributed by atoms with Gasteiger partial charge in [-0.05, 0) is 37.1 Å². The second-order valence-electron chi connectivity index (χ2n) is 6.47. The van der Waals surface area contributed by atoms with Crippen molar-refractivity contribution in [3.8, 4) is 0 Å². The van der Waals surface area contributed by atoms with E-state index in [0.29, 0.717) is 11.9 Å². The highest BCUT2D eigenvalue weighted by molar-refractivity contribution is 9.10. The van der Waals surface area contributed by atoms with Crippen LogP contribution in [0.1, 0.15) is 19.8 Å². The molecule has 7 heteroatoms. The SMILES string of the molecule is CN=C(NCC(C)Sc1ccc(Br)cc1)NCC1(CCO)CCOC1. The largest absolute Gasteiger partial charge is 0.396 e. The molecule has 25 heavy (non-hydrogen) atoms. The van der Waals surface area contributed by atoms with Gasteiger partial charge in [-0.25, -0.2) is 0 Å². The van der Waals surface area contributed by atoms with Crippen molar-refractivity contribution < 1.29 is 9.84 Å². The second-order valence-corrected chi connectivity index (χ2v) is 8.89. The first-order chi connectivity index (χ1) is 12.1. The van der Waals surface area contributed by atoms with Gasteiger partial charge in [0.15, 0.2) is 5.96 Å². The third-order valence-electron chi connectivity index (χ3n) is 4.39. The Morgan fingerprint density at radius 1 is 1.40 bits per heavy atom. The Morgan fingerprint density at radius 2 is 2.16 bits per heavy atom. The Bertz CT molecular complexity index is 548. The van der Waals surface area contributed by atoms with Crippen LogP contribution in [0.3, 0.4) is 0 Å². The molecule has 2 atom stereocenters. The molecule has 140 valence electrons. The molecule has 0 spiro atoms. The number of guanidine groups is 1. The second kappa shape index (κ2) is 10.4. The number of thioether (sulfide) groups is 1. The number of hydrogen-bond acceptors (Lipinski definition) is 4. The standard InChI is InChI=1S/C18H28BrN3O2S/c1-14(25-16-5-3-15(19)4-6-16)11-21-17(20-2)22-12-18(7-9-23)8-10-24-13-18/h3-6,14,23H,7-13H2,1-2H3,(H2,20,21,22). The Labute approximate surface area is 163 Å². The predicted molar refractivity (Wildman–Crippen MR) is 108 cm³/mol. The van der Waals surface area contributed by atoms with Crippen molar-refractivity contribution >= 4 is 33.7 Å². The normalized spacial score (nSPS) is 22.0. The smallest absolute Gasteiger partial charge is 0.191 e. The van der Waals surface area contributed by atoms with Gasteiger partial charge in [0.25, 0.3) is 0 Å². The van der Waals surface area contributed by atoms with Gasteiger partial charge in [0.05, 0.1) is 6.61 Å². The van der Waals surface area contributed by atoms with E-state index in [0.717, 1.165) is 43.0 Å². The van der Waals surface area contributed by atoms with Gasteiger partial charge in [-0.15, -0.1) is 11.8 Å². The minimum atomic E-state index is 0.0180. The molecule has 3 N–H and O–H groups in total. The van der Waals surface area contributed by atoms with Gasteiger partial charge in [-0.2, -0.15) is 0 Å². The molecule has 1 aliphatic heterocycles. The Morgan fingerprint density at radius 3 is 2.76 bits per heavy atom. The highest BCUT2D eigenvalue weighted by Crippen LogP contribution is 2.31. The number of halogens is 1. The van der Waals surface area contributed by atoms with Crippen LogP contribution in [0.15, 0.2) is 38.6 Å². The first-order valence-electron chi connectivity index (χ1n) is 8.62. The molecule has 0 saturated carbocycles. The summed E-state index contributed by atoms with van der Waals surface area (Å²) in [6, 6.07) is 8.37. The number of aliphatic imine (C=N–C) groups is 1. The molecule has 5 nitrogen and oxygen atoms in total. The zero-order valence-electron chi connectivity index (χ0n) is 14.9. The van der Waals surface area contributed by atoms with Crippen LogP contribution in [0.2, 0.25) is 0 Å². The number of aliphatic hydroxyl groups is 1. The molecule has 1 aromatic carbocycles. The fourth-order valence-corrected chi connectivity index (χ4v) is 4.02. The summed E-state index contributed by atoms with van der Waals surface area (Å²) in [7, 11) is 1.78. The molecule has 1 fully saturated rings. The number of aliphatic hydroxyl groups excluding tert-OH is 1. The lowest BCUT2D eigenvalue weighted by Crippen LogP contribution is -2.45. The van der Waals surface area contributed by atoms with Crippen molar-refractivity contribution in [2.45, 2.75) is 29.9 Å². The van der Waals surface area contributed by atoms with E-state index in [1.807, 2.05) is 11.8 Å². The van der Waals surface area contributed by atoms with E-state index in [4.69, 9.17) is 4.74 Å². The van der Waals surface area contributed by atoms with Crippen molar-refractivity contribution in [2.24, 2.45) is 10.4 Å². The molecule has 2 rings (SSSR count).